The van der Waals surface area contributed by atoms with Gasteiger partial charge in [-0.25, -0.2) is 11.6 Å². The molecule has 4 rings (SSSR count). The van der Waals surface area contributed by atoms with Crippen LogP contribution in [0, 0.1) is 6.08 Å². The normalized spacial score (nSPS) is 13.4. The molecular weight excluding hydrogens is 448 g/mol. The van der Waals surface area contributed by atoms with Gasteiger partial charge in [0.1, 0.15) is 0 Å². The summed E-state index contributed by atoms with van der Waals surface area (Å²) < 4.78 is 0. The van der Waals surface area contributed by atoms with Crippen LogP contribution in [0.4, 0.5) is 0 Å². The van der Waals surface area contributed by atoms with Crippen LogP contribution in [-0.2, 0) is 30.0 Å². The van der Waals surface area contributed by atoms with Gasteiger partial charge in [-0.2, -0.15) is 6.08 Å². The minimum absolute atomic E-state index is 0.132. The van der Waals surface area contributed by atoms with Crippen molar-refractivity contribution in [2.75, 3.05) is 0 Å². The Morgan fingerprint density at radius 1 is 0.848 bits per heavy atom. The molecule has 1 aliphatic carbocycles. The van der Waals surface area contributed by atoms with E-state index in [1.165, 1.54) is 50.3 Å². The number of rotatable bonds is 2. The molecule has 2 heteroatoms. The molecular formula is C31H42SiTi. The standard InChI is InChI=1S/C21H25.C6H7.C4H10Si.Ti/c1-20(2,3)16-7-9-18-14(12-16)11-15-13-17(21(4,5)6)8-10-19(15)18;1-6-4-2-3-5-6;1-3-5-4-2;/h7-13H,1-6H3;2,4H,3H2,1H3;3-4H2,1-2H3;/q2*-1;;+2. The van der Waals surface area contributed by atoms with Crippen molar-refractivity contribution in [3.63, 3.8) is 0 Å². The summed E-state index contributed by atoms with van der Waals surface area (Å²) in [6, 6.07) is 19.0. The molecule has 1 aliphatic rings. The fourth-order valence-electron chi connectivity index (χ4n) is 3.72. The van der Waals surface area contributed by atoms with Gasteiger partial charge in [0.15, 0.2) is 0 Å². The third-order valence-electron chi connectivity index (χ3n) is 6.16. The number of fused-ring (bicyclic) bond motifs is 3. The van der Waals surface area contributed by atoms with Crippen molar-refractivity contribution in [3.8, 4) is 0 Å². The minimum atomic E-state index is 0.132. The van der Waals surface area contributed by atoms with Crippen molar-refractivity contribution in [1.29, 1.82) is 0 Å². The van der Waals surface area contributed by atoms with E-state index >= 15 is 0 Å². The summed E-state index contributed by atoms with van der Waals surface area (Å²) >= 11 is 2.38. The predicted molar refractivity (Wildman–Crippen MR) is 147 cm³/mol. The van der Waals surface area contributed by atoms with E-state index in [0.717, 1.165) is 6.42 Å². The van der Waals surface area contributed by atoms with Crippen LogP contribution >= 0.6 is 0 Å². The summed E-state index contributed by atoms with van der Waals surface area (Å²) in [6.07, 6.45) is 8.47. The fraction of sp³-hybridized carbons (Fsp3) is 0.452. The maximum absolute atomic E-state index is 3.12. The number of hydrogen-bond acceptors (Lipinski definition) is 0. The van der Waals surface area contributed by atoms with E-state index in [4.69, 9.17) is 0 Å². The van der Waals surface area contributed by atoms with Crippen LogP contribution in [0.5, 0.6) is 0 Å². The van der Waals surface area contributed by atoms with E-state index in [-0.39, 0.29) is 17.0 Å². The number of hydrogen-bond donors (Lipinski definition) is 0. The molecule has 0 saturated heterocycles. The van der Waals surface area contributed by atoms with Gasteiger partial charge in [-0.3, -0.25) is 6.08 Å². The summed E-state index contributed by atoms with van der Waals surface area (Å²) in [5.41, 5.74) is 4.49. The molecule has 3 aromatic rings. The number of allylic oxidation sites excluding steroid dienone is 4. The van der Waals surface area contributed by atoms with Gasteiger partial charge in [0, 0.05) is 0 Å². The molecule has 3 aromatic carbocycles. The third kappa shape index (κ3) is 8.16. The van der Waals surface area contributed by atoms with Crippen molar-refractivity contribution in [2.24, 2.45) is 0 Å². The first-order valence-corrected chi connectivity index (χ1v) is 16.6. The van der Waals surface area contributed by atoms with Crippen LogP contribution in [-0.4, -0.2) is 6.19 Å². The van der Waals surface area contributed by atoms with Gasteiger partial charge in [-0.1, -0.05) is 83.9 Å². The maximum atomic E-state index is 3.12. The third-order valence-corrected chi connectivity index (χ3v) is 11.2. The summed E-state index contributed by atoms with van der Waals surface area (Å²) in [6.45, 7) is 20.2. The Hall–Kier alpha value is -1.28. The van der Waals surface area contributed by atoms with Gasteiger partial charge in [-0.05, 0) is 10.8 Å². The molecule has 0 amide bonds. The number of benzene rings is 2. The van der Waals surface area contributed by atoms with Gasteiger partial charge < -0.3 is 0 Å². The Kier molecular flexibility index (Phi) is 10.1. The van der Waals surface area contributed by atoms with Crippen LogP contribution in [0.15, 0.2) is 60.2 Å². The molecule has 0 radical (unpaired) electrons. The van der Waals surface area contributed by atoms with E-state index in [0.29, 0.717) is 0 Å². The Balaban J connectivity index is 0.000000263. The first kappa shape index (κ1) is 28.0. The van der Waals surface area contributed by atoms with Gasteiger partial charge in [-0.15, -0.1) is 46.2 Å². The van der Waals surface area contributed by atoms with Crippen molar-refractivity contribution in [1.82, 2.24) is 0 Å². The van der Waals surface area contributed by atoms with Gasteiger partial charge >= 0.3 is 51.3 Å². The van der Waals surface area contributed by atoms with E-state index in [9.17, 15) is 0 Å². The van der Waals surface area contributed by atoms with Crippen molar-refractivity contribution in [2.45, 2.75) is 91.7 Å². The van der Waals surface area contributed by atoms with Gasteiger partial charge in [0.05, 0.1) is 0 Å². The van der Waals surface area contributed by atoms with Crippen LogP contribution in [0.3, 0.4) is 0 Å². The molecule has 0 saturated carbocycles. The van der Waals surface area contributed by atoms with Gasteiger partial charge in [0.2, 0.25) is 0 Å². The molecule has 0 atom stereocenters. The second-order valence-corrected chi connectivity index (χ2v) is 17.0. The average Bonchev–Trinajstić information content (AvgIpc) is 3.38. The van der Waals surface area contributed by atoms with Gasteiger partial charge in [0.25, 0.3) is 0 Å². The second-order valence-electron chi connectivity index (χ2n) is 11.0. The van der Waals surface area contributed by atoms with E-state index < -0.39 is 0 Å². The first-order chi connectivity index (χ1) is 15.4. The molecule has 0 spiro atoms. The Morgan fingerprint density at radius 3 is 1.55 bits per heavy atom. The van der Waals surface area contributed by atoms with Crippen LogP contribution < -0.4 is 0 Å². The topological polar surface area (TPSA) is 0 Å². The Bertz CT molecular complexity index is 1070. The molecule has 0 unspecified atom stereocenters. The van der Waals surface area contributed by atoms with E-state index in [2.05, 4.69) is 142 Å². The molecule has 174 valence electrons. The molecule has 0 aliphatic heterocycles. The summed E-state index contributed by atoms with van der Waals surface area (Å²) in [5.74, 6) is 0. The Labute approximate surface area is 215 Å². The fourth-order valence-corrected chi connectivity index (χ4v) is 4.22. The zero-order chi connectivity index (χ0) is 24.8. The Morgan fingerprint density at radius 2 is 1.30 bits per heavy atom. The monoisotopic (exact) mass is 490 g/mol. The van der Waals surface area contributed by atoms with Crippen LogP contribution in [0.25, 0.3) is 21.5 Å². The molecule has 0 fully saturated rings. The van der Waals surface area contributed by atoms with Crippen molar-refractivity contribution >= 4 is 27.7 Å². The van der Waals surface area contributed by atoms with Crippen LogP contribution in [0.2, 0.25) is 12.1 Å². The van der Waals surface area contributed by atoms with Crippen LogP contribution in [0.1, 0.15) is 79.9 Å². The summed E-state index contributed by atoms with van der Waals surface area (Å²) in [7, 11) is 0. The zero-order valence-electron chi connectivity index (χ0n) is 22.3. The molecule has 0 nitrogen and oxygen atoms in total. The molecule has 33 heavy (non-hydrogen) atoms. The first-order valence-electron chi connectivity index (χ1n) is 12.3. The average molecular weight is 491 g/mol. The molecule has 0 aromatic heterocycles. The predicted octanol–water partition coefficient (Wildman–Crippen LogP) is 9.57. The second kappa shape index (κ2) is 11.9. The molecule has 0 heterocycles. The van der Waals surface area contributed by atoms with E-state index in [1.54, 1.807) is 0 Å². The van der Waals surface area contributed by atoms with Crippen molar-refractivity contribution < 1.29 is 19.2 Å². The zero-order valence-corrected chi connectivity index (χ0v) is 24.9. The molecule has 0 N–H and O–H groups in total. The quantitative estimate of drug-likeness (QED) is 0.248. The summed E-state index contributed by atoms with van der Waals surface area (Å²) in [5, 5.41) is 5.48. The van der Waals surface area contributed by atoms with Crippen molar-refractivity contribution in [3.05, 3.63) is 77.4 Å². The SMILES string of the molecule is CC(C)(C)c1ccc2c(c1)[cH-]c1cc(C(C)(C)C)ccc12.CC1=[C-]CC=C1.CC[Si](=[Ti+2])CC. The van der Waals surface area contributed by atoms with E-state index in [1.807, 2.05) is 0 Å². The summed E-state index contributed by atoms with van der Waals surface area (Å²) in [4.78, 5) is 0. The molecule has 0 bridgehead atoms.